The summed E-state index contributed by atoms with van der Waals surface area (Å²) in [6.07, 6.45) is 1.66. The van der Waals surface area contributed by atoms with E-state index >= 15 is 0 Å². The molecule has 0 unspecified atom stereocenters. The molecule has 15 heavy (non-hydrogen) atoms. The third-order valence-electron chi connectivity index (χ3n) is 1.56. The van der Waals surface area contributed by atoms with Crippen molar-refractivity contribution < 1.29 is 0 Å². The minimum Gasteiger partial charge on any atom is -0.384 e. The lowest BCUT2D eigenvalue weighted by atomic mass is 10.3. The Morgan fingerprint density at radius 2 is 1.67 bits per heavy atom. The molecule has 0 aliphatic rings. The first-order chi connectivity index (χ1) is 7.33. The monoisotopic (exact) mass is 199 g/mol. The van der Waals surface area contributed by atoms with E-state index in [9.17, 15) is 0 Å². The predicted octanol–water partition coefficient (Wildman–Crippen LogP) is 2.83. The molecule has 4 heteroatoms. The molecule has 0 saturated heterocycles. The van der Waals surface area contributed by atoms with Crippen LogP contribution in [-0.4, -0.2) is 4.98 Å². The lowest BCUT2D eigenvalue weighted by Crippen LogP contribution is -1.85. The number of nitrogens with two attached hydrogens (primary N) is 1. The number of anilines is 1. The highest BCUT2D eigenvalue weighted by Gasteiger charge is 1.95. The Bertz CT molecular complexity index is 419. The fourth-order valence-electron chi connectivity index (χ4n) is 0.871. The van der Waals surface area contributed by atoms with Crippen LogP contribution < -0.4 is 5.73 Å². The van der Waals surface area contributed by atoms with Crippen LogP contribution in [0.15, 0.2) is 54.7 Å². The Kier molecular flexibility index (Phi) is 4.34. The number of nitrogens with zero attached hydrogens (tertiary/aromatic N) is 3. The van der Waals surface area contributed by atoms with E-state index < -0.39 is 0 Å². The second-order valence-electron chi connectivity index (χ2n) is 2.69. The predicted molar refractivity (Wildman–Crippen MR) is 59.8 cm³/mol. The third-order valence-corrected chi connectivity index (χ3v) is 1.56. The van der Waals surface area contributed by atoms with Crippen molar-refractivity contribution in [1.82, 2.24) is 4.98 Å². The smallest absolute Gasteiger partial charge is 0.384 e. The molecule has 0 radical (unpaired) electrons. The van der Waals surface area contributed by atoms with Crippen molar-refractivity contribution in [3.05, 3.63) is 59.7 Å². The summed E-state index contributed by atoms with van der Waals surface area (Å²) in [6.45, 7) is 0. The van der Waals surface area contributed by atoms with E-state index in [1.165, 1.54) is 0 Å². The number of benzene rings is 1. The molecular weight excluding hydrogens is 188 g/mol. The van der Waals surface area contributed by atoms with Gasteiger partial charge in [-0.05, 0) is 12.1 Å². The highest BCUT2D eigenvalue weighted by Crippen LogP contribution is 2.07. The van der Waals surface area contributed by atoms with Gasteiger partial charge in [-0.1, -0.05) is 24.3 Å². The number of pyridine rings is 1. The maximum atomic E-state index is 8.16. The SMILES string of the molecule is N#[N+]c1ccccc1.Nc1ccccn1. The second-order valence-corrected chi connectivity index (χ2v) is 2.69. The van der Waals surface area contributed by atoms with Gasteiger partial charge in [-0.3, -0.25) is 0 Å². The number of hydrogen-bond acceptors (Lipinski definition) is 3. The van der Waals surface area contributed by atoms with Crippen molar-refractivity contribution in [2.45, 2.75) is 0 Å². The van der Waals surface area contributed by atoms with Crippen molar-refractivity contribution in [3.63, 3.8) is 0 Å². The van der Waals surface area contributed by atoms with Crippen molar-refractivity contribution in [1.29, 1.82) is 5.39 Å². The summed E-state index contributed by atoms with van der Waals surface area (Å²) in [5.41, 5.74) is 5.84. The fraction of sp³-hybridized carbons (Fsp3) is 0. The zero-order chi connectivity index (χ0) is 10.9. The van der Waals surface area contributed by atoms with E-state index in [1.54, 1.807) is 24.4 Å². The lowest BCUT2D eigenvalue weighted by molar-refractivity contribution is 1.34. The standard InChI is InChI=1S/C6H5N2.C5H6N2/c7-8-6-4-2-1-3-5-6;6-5-3-1-2-4-7-5/h1-5H;1-4H,(H2,6,7)/q+1;. The van der Waals surface area contributed by atoms with Crippen LogP contribution in [0.2, 0.25) is 0 Å². The molecule has 0 spiro atoms. The molecule has 2 N–H and O–H groups in total. The summed E-state index contributed by atoms with van der Waals surface area (Å²) in [4.78, 5) is 6.73. The summed E-state index contributed by atoms with van der Waals surface area (Å²) in [5.74, 6) is 0.572. The van der Waals surface area contributed by atoms with Crippen LogP contribution in [-0.2, 0) is 0 Å². The van der Waals surface area contributed by atoms with Gasteiger partial charge in [0.05, 0.1) is 0 Å². The molecule has 0 saturated carbocycles. The van der Waals surface area contributed by atoms with E-state index in [2.05, 4.69) is 9.96 Å². The minimum atomic E-state index is 0.572. The summed E-state index contributed by atoms with van der Waals surface area (Å²) in [5, 5.41) is 8.16. The number of hydrogen-bond donors (Lipinski definition) is 1. The summed E-state index contributed by atoms with van der Waals surface area (Å²) >= 11 is 0. The van der Waals surface area contributed by atoms with Crippen molar-refractivity contribution in [2.24, 2.45) is 0 Å². The van der Waals surface area contributed by atoms with Gasteiger partial charge in [0.25, 0.3) is 0 Å². The van der Waals surface area contributed by atoms with Gasteiger partial charge in [-0.15, -0.1) is 0 Å². The molecule has 1 aromatic carbocycles. The Hall–Kier alpha value is -2.41. The van der Waals surface area contributed by atoms with Gasteiger partial charge >= 0.3 is 5.69 Å². The fourth-order valence-corrected chi connectivity index (χ4v) is 0.871. The maximum absolute atomic E-state index is 8.16. The Morgan fingerprint density at radius 1 is 1.00 bits per heavy atom. The zero-order valence-corrected chi connectivity index (χ0v) is 8.12. The van der Waals surface area contributed by atoms with Gasteiger partial charge in [0, 0.05) is 18.3 Å². The van der Waals surface area contributed by atoms with Crippen LogP contribution in [0, 0.1) is 5.39 Å². The van der Waals surface area contributed by atoms with E-state index in [0.29, 0.717) is 11.5 Å². The molecule has 1 aromatic heterocycles. The molecule has 2 aromatic rings. The Balaban J connectivity index is 0.000000151. The maximum Gasteiger partial charge on any atom is 0.385 e. The van der Waals surface area contributed by atoms with E-state index in [-0.39, 0.29) is 0 Å². The first kappa shape index (κ1) is 10.7. The van der Waals surface area contributed by atoms with Crippen molar-refractivity contribution in [2.75, 3.05) is 5.73 Å². The van der Waals surface area contributed by atoms with Crippen LogP contribution in [0.1, 0.15) is 0 Å². The van der Waals surface area contributed by atoms with Gasteiger partial charge in [0.1, 0.15) is 5.82 Å². The summed E-state index contributed by atoms with van der Waals surface area (Å²) in [7, 11) is 0. The molecule has 0 aliphatic carbocycles. The van der Waals surface area contributed by atoms with Gasteiger partial charge in [0.2, 0.25) is 5.39 Å². The number of diazo groups is 1. The number of aromatic nitrogens is 1. The molecule has 1 heterocycles. The van der Waals surface area contributed by atoms with Crippen molar-refractivity contribution in [3.8, 4) is 0 Å². The highest BCUT2D eigenvalue weighted by molar-refractivity contribution is 5.42. The van der Waals surface area contributed by atoms with Gasteiger partial charge in [0.15, 0.2) is 4.98 Å². The average Bonchev–Trinajstić information content (AvgIpc) is 2.32. The molecule has 0 aliphatic heterocycles. The largest absolute Gasteiger partial charge is 0.385 e. The average molecular weight is 199 g/mol. The molecule has 0 fully saturated rings. The molecule has 74 valence electrons. The van der Waals surface area contributed by atoms with Crippen LogP contribution in [0.3, 0.4) is 0 Å². The molecule has 2 rings (SSSR count). The van der Waals surface area contributed by atoms with E-state index in [0.717, 1.165) is 0 Å². The van der Waals surface area contributed by atoms with Gasteiger partial charge < -0.3 is 5.73 Å². The molecule has 4 nitrogen and oxygen atoms in total. The molecular formula is C11H11N4+. The van der Waals surface area contributed by atoms with E-state index in [4.69, 9.17) is 11.1 Å². The first-order valence-corrected chi connectivity index (χ1v) is 4.39. The summed E-state index contributed by atoms with van der Waals surface area (Å²) < 4.78 is 0. The highest BCUT2D eigenvalue weighted by atomic mass is 14.8. The first-order valence-electron chi connectivity index (χ1n) is 4.39. The van der Waals surface area contributed by atoms with Crippen LogP contribution >= 0.6 is 0 Å². The number of rotatable bonds is 0. The zero-order valence-electron chi connectivity index (χ0n) is 8.12. The van der Waals surface area contributed by atoms with Crippen LogP contribution in [0.25, 0.3) is 4.98 Å². The second kappa shape index (κ2) is 6.11. The van der Waals surface area contributed by atoms with Gasteiger partial charge in [-0.25, -0.2) is 4.98 Å². The molecule has 0 atom stereocenters. The quantitative estimate of drug-likeness (QED) is 0.663. The summed E-state index contributed by atoms with van der Waals surface area (Å²) in [6, 6.07) is 14.4. The normalized spacial score (nSPS) is 8.20. The molecule has 0 bridgehead atoms. The van der Waals surface area contributed by atoms with Crippen LogP contribution in [0.5, 0.6) is 0 Å². The topological polar surface area (TPSA) is 67.1 Å². The third kappa shape index (κ3) is 4.39. The molecule has 0 amide bonds. The van der Waals surface area contributed by atoms with Gasteiger partial charge in [-0.2, -0.15) is 0 Å². The minimum absolute atomic E-state index is 0.572. The Morgan fingerprint density at radius 3 is 2.00 bits per heavy atom. The number of nitrogen functional groups attached to an aromatic ring is 1. The van der Waals surface area contributed by atoms with E-state index in [1.807, 2.05) is 30.3 Å². The van der Waals surface area contributed by atoms with Crippen LogP contribution in [0.4, 0.5) is 11.5 Å². The Labute approximate surface area is 88.0 Å². The lowest BCUT2D eigenvalue weighted by Gasteiger charge is -1.82. The van der Waals surface area contributed by atoms with Crippen molar-refractivity contribution >= 4 is 11.5 Å².